The van der Waals surface area contributed by atoms with Gasteiger partial charge < -0.3 is 25.0 Å². The molecule has 1 aliphatic heterocycles. The van der Waals surface area contributed by atoms with Crippen LogP contribution in [0, 0.1) is 0 Å². The van der Waals surface area contributed by atoms with E-state index in [9.17, 15) is 9.59 Å². The Morgan fingerprint density at radius 3 is 2.35 bits per heavy atom. The highest BCUT2D eigenvalue weighted by molar-refractivity contribution is 6.38. The largest absolute Gasteiger partial charge is 0.495 e. The van der Waals surface area contributed by atoms with Gasteiger partial charge in [-0.1, -0.05) is 35.8 Å². The number of amides is 2. The maximum absolute atomic E-state index is 13.3. The lowest BCUT2D eigenvalue weighted by molar-refractivity contribution is -0.117. The topological polar surface area (TPSA) is 109 Å². The lowest BCUT2D eigenvalue weighted by Gasteiger charge is -2.38. The van der Waals surface area contributed by atoms with E-state index in [1.165, 1.54) is 31.5 Å². The average molecular weight is 628 g/mol. The Balaban J connectivity index is 1.57. The van der Waals surface area contributed by atoms with E-state index in [0.717, 1.165) is 24.3 Å². The number of rotatable bonds is 10. The molecule has 2 heterocycles. The molecule has 0 bridgehead atoms. The summed E-state index contributed by atoms with van der Waals surface area (Å²) in [5, 5.41) is 6.95. The molecular weight excluding hydrogens is 591 g/mol. The molecule has 228 valence electrons. The van der Waals surface area contributed by atoms with Gasteiger partial charge in [0.15, 0.2) is 0 Å². The van der Waals surface area contributed by atoms with Crippen molar-refractivity contribution in [2.75, 3.05) is 49.5 Å². The van der Waals surface area contributed by atoms with Crippen molar-refractivity contribution in [3.63, 3.8) is 0 Å². The second-order valence-electron chi connectivity index (χ2n) is 10.5. The molecule has 2 aromatic carbocycles. The van der Waals surface area contributed by atoms with E-state index in [1.807, 2.05) is 12.1 Å². The number of carbonyl (C=O) groups excluding carboxylic acids is 2. The van der Waals surface area contributed by atoms with E-state index in [2.05, 4.69) is 52.0 Å². The smallest absolute Gasteiger partial charge is 0.247 e. The van der Waals surface area contributed by atoms with Crippen LogP contribution in [-0.4, -0.2) is 68.2 Å². The average Bonchev–Trinajstić information content (AvgIpc) is 2.99. The number of hydrogen-bond donors (Lipinski definition) is 2. The van der Waals surface area contributed by atoms with Gasteiger partial charge in [0.1, 0.15) is 23.6 Å². The van der Waals surface area contributed by atoms with Crippen molar-refractivity contribution in [3.05, 3.63) is 76.2 Å². The van der Waals surface area contributed by atoms with Gasteiger partial charge in [-0.3, -0.25) is 14.5 Å². The van der Waals surface area contributed by atoms with E-state index in [0.29, 0.717) is 52.8 Å². The Labute approximate surface area is 262 Å². The first-order valence-electron chi connectivity index (χ1n) is 13.8. The molecule has 2 atom stereocenters. The van der Waals surface area contributed by atoms with E-state index < -0.39 is 0 Å². The Bertz CT molecular complexity index is 1480. The predicted octanol–water partition coefficient (Wildman–Crippen LogP) is 4.91. The number of carbonyl (C=O) groups is 2. The standard InChI is InChI=1S/C31H36Cl2N6O4/c1-7-28(40)37-24-12-22(39-15-18(2)36-19(3)16-39)9-8-20(24)10-21-11-27(35-17-34-21)38(4)29(41)13-23-30(32)25(42-5)14-26(43-6)31(23)33/h7-9,11-12,14,17-19,36H,1,10,13,15-16H2,2-6H3,(H,37,40)/t18-,19+. The number of piperazine rings is 1. The normalized spacial score (nSPS) is 16.4. The molecule has 1 saturated heterocycles. The minimum atomic E-state index is -0.305. The zero-order valence-corrected chi connectivity index (χ0v) is 26.4. The fraction of sp³-hybridized carbons (Fsp3) is 0.355. The summed E-state index contributed by atoms with van der Waals surface area (Å²) in [6, 6.07) is 10.0. The predicted molar refractivity (Wildman–Crippen MR) is 171 cm³/mol. The summed E-state index contributed by atoms with van der Waals surface area (Å²) in [5.41, 5.74) is 3.60. The first-order chi connectivity index (χ1) is 20.5. The van der Waals surface area contributed by atoms with Crippen LogP contribution >= 0.6 is 23.2 Å². The van der Waals surface area contributed by atoms with Gasteiger partial charge in [-0.15, -0.1) is 0 Å². The van der Waals surface area contributed by atoms with Gasteiger partial charge in [0, 0.05) is 67.7 Å². The van der Waals surface area contributed by atoms with Gasteiger partial charge in [0.2, 0.25) is 11.8 Å². The van der Waals surface area contributed by atoms with Gasteiger partial charge in [0.25, 0.3) is 0 Å². The van der Waals surface area contributed by atoms with E-state index in [-0.39, 0.29) is 28.3 Å². The molecular formula is C31H36Cl2N6O4. The lowest BCUT2D eigenvalue weighted by Crippen LogP contribution is -2.54. The quantitative estimate of drug-likeness (QED) is 0.306. The summed E-state index contributed by atoms with van der Waals surface area (Å²) in [4.78, 5) is 38.1. The minimum Gasteiger partial charge on any atom is -0.495 e. The fourth-order valence-corrected chi connectivity index (χ4v) is 5.74. The molecule has 1 aromatic heterocycles. The number of ether oxygens (including phenoxy) is 2. The molecule has 0 aliphatic carbocycles. The van der Waals surface area contributed by atoms with Crippen LogP contribution in [0.3, 0.4) is 0 Å². The number of anilines is 3. The number of nitrogens with zero attached hydrogens (tertiary/aromatic N) is 4. The molecule has 12 heteroatoms. The molecule has 43 heavy (non-hydrogen) atoms. The summed E-state index contributed by atoms with van der Waals surface area (Å²) in [5.74, 6) is 0.495. The second-order valence-corrected chi connectivity index (χ2v) is 11.2. The molecule has 1 aliphatic rings. The van der Waals surface area contributed by atoms with Crippen LogP contribution in [0.15, 0.2) is 49.3 Å². The van der Waals surface area contributed by atoms with Crippen LogP contribution in [0.25, 0.3) is 0 Å². The monoisotopic (exact) mass is 626 g/mol. The van der Waals surface area contributed by atoms with Gasteiger partial charge in [-0.25, -0.2) is 9.97 Å². The van der Waals surface area contributed by atoms with Crippen molar-refractivity contribution in [2.24, 2.45) is 0 Å². The number of hydrogen-bond acceptors (Lipinski definition) is 8. The Morgan fingerprint density at radius 1 is 1.09 bits per heavy atom. The zero-order valence-electron chi connectivity index (χ0n) is 24.9. The van der Waals surface area contributed by atoms with E-state index in [1.54, 1.807) is 19.2 Å². The molecule has 3 aromatic rings. The molecule has 10 nitrogen and oxygen atoms in total. The van der Waals surface area contributed by atoms with Crippen LogP contribution in [0.1, 0.15) is 30.7 Å². The number of benzene rings is 2. The summed E-state index contributed by atoms with van der Waals surface area (Å²) in [6.07, 6.45) is 2.93. The molecule has 2 N–H and O–H groups in total. The highest BCUT2D eigenvalue weighted by Gasteiger charge is 2.24. The molecule has 0 radical (unpaired) electrons. The highest BCUT2D eigenvalue weighted by Crippen LogP contribution is 2.41. The molecule has 0 saturated carbocycles. The summed E-state index contributed by atoms with van der Waals surface area (Å²) in [7, 11) is 4.57. The summed E-state index contributed by atoms with van der Waals surface area (Å²) >= 11 is 13.0. The Hall–Kier alpha value is -3.86. The molecule has 1 fully saturated rings. The minimum absolute atomic E-state index is 0.108. The van der Waals surface area contributed by atoms with Crippen molar-refractivity contribution in [1.29, 1.82) is 0 Å². The first-order valence-corrected chi connectivity index (χ1v) is 14.5. The Morgan fingerprint density at radius 2 is 1.74 bits per heavy atom. The molecule has 0 unspecified atom stereocenters. The van der Waals surface area contributed by atoms with Crippen molar-refractivity contribution in [1.82, 2.24) is 15.3 Å². The van der Waals surface area contributed by atoms with Crippen LogP contribution < -0.4 is 29.9 Å². The number of nitrogens with one attached hydrogen (secondary N) is 2. The van der Waals surface area contributed by atoms with Crippen molar-refractivity contribution in [3.8, 4) is 11.5 Å². The maximum atomic E-state index is 13.3. The fourth-order valence-electron chi connectivity index (χ4n) is 5.10. The number of methoxy groups -OCH3 is 2. The SMILES string of the molecule is C=CC(=O)Nc1cc(N2C[C@@H](C)N[C@@H](C)C2)ccc1Cc1cc(N(C)C(=O)Cc2c(Cl)c(OC)cc(OC)c2Cl)ncn1. The van der Waals surface area contributed by atoms with Crippen LogP contribution in [0.2, 0.25) is 10.0 Å². The van der Waals surface area contributed by atoms with Gasteiger partial charge in [-0.2, -0.15) is 0 Å². The lowest BCUT2D eigenvalue weighted by atomic mass is 10.0. The second kappa shape index (κ2) is 14.1. The number of halogens is 2. The maximum Gasteiger partial charge on any atom is 0.247 e. The molecule has 0 spiro atoms. The van der Waals surface area contributed by atoms with Gasteiger partial charge >= 0.3 is 0 Å². The zero-order chi connectivity index (χ0) is 31.3. The molecule has 4 rings (SSSR count). The third-order valence-electron chi connectivity index (χ3n) is 7.25. The summed E-state index contributed by atoms with van der Waals surface area (Å²) < 4.78 is 10.6. The third-order valence-corrected chi connectivity index (χ3v) is 8.08. The van der Waals surface area contributed by atoms with Gasteiger partial charge in [0.05, 0.1) is 36.4 Å². The van der Waals surface area contributed by atoms with Crippen molar-refractivity contribution >= 4 is 52.2 Å². The van der Waals surface area contributed by atoms with E-state index >= 15 is 0 Å². The van der Waals surface area contributed by atoms with E-state index in [4.69, 9.17) is 32.7 Å². The number of likely N-dealkylation sites (N-methyl/N-ethyl adjacent to an activating group) is 1. The van der Waals surface area contributed by atoms with Crippen molar-refractivity contribution < 1.29 is 19.1 Å². The number of aromatic nitrogens is 2. The van der Waals surface area contributed by atoms with Crippen molar-refractivity contribution in [2.45, 2.75) is 38.8 Å². The molecule has 2 amide bonds. The summed E-state index contributed by atoms with van der Waals surface area (Å²) in [6.45, 7) is 9.61. The van der Waals surface area contributed by atoms with Crippen LogP contribution in [0.5, 0.6) is 11.5 Å². The first kappa shape index (κ1) is 32.1. The Kier molecular flexibility index (Phi) is 10.5. The van der Waals surface area contributed by atoms with Crippen LogP contribution in [-0.2, 0) is 22.4 Å². The highest BCUT2D eigenvalue weighted by atomic mass is 35.5. The van der Waals surface area contributed by atoms with Gasteiger partial charge in [-0.05, 0) is 37.6 Å². The third kappa shape index (κ3) is 7.57. The van der Waals surface area contributed by atoms with Crippen LogP contribution in [0.4, 0.5) is 17.2 Å².